The summed E-state index contributed by atoms with van der Waals surface area (Å²) in [4.78, 5) is 6.03. The van der Waals surface area contributed by atoms with Crippen LogP contribution in [-0.4, -0.2) is 50.3 Å². The first-order chi connectivity index (χ1) is 14.9. The maximum atomic E-state index is 12.7. The number of hydrogen-bond donors (Lipinski definition) is 3. The molecule has 0 radical (unpaired) electrons. The van der Waals surface area contributed by atoms with E-state index in [0.29, 0.717) is 12.2 Å². The van der Waals surface area contributed by atoms with E-state index in [0.717, 1.165) is 59.2 Å². The Kier molecular flexibility index (Phi) is 4.73. The Morgan fingerprint density at radius 2 is 2.06 bits per heavy atom. The van der Waals surface area contributed by atoms with Gasteiger partial charge in [-0.2, -0.15) is 0 Å². The van der Waals surface area contributed by atoms with Crippen LogP contribution in [0.5, 0.6) is 11.5 Å². The first-order valence-electron chi connectivity index (χ1n) is 11.2. The van der Waals surface area contributed by atoms with Gasteiger partial charge in [-0.25, -0.2) is 0 Å². The van der Waals surface area contributed by atoms with Gasteiger partial charge in [0.15, 0.2) is 17.6 Å². The summed E-state index contributed by atoms with van der Waals surface area (Å²) < 4.78 is 6.57. The van der Waals surface area contributed by atoms with E-state index in [1.54, 1.807) is 6.07 Å². The van der Waals surface area contributed by atoms with Gasteiger partial charge in [-0.1, -0.05) is 36.4 Å². The van der Waals surface area contributed by atoms with Crippen molar-refractivity contribution >= 4 is 10.9 Å². The molecular formula is C26H28ClN2O4-. The summed E-state index contributed by atoms with van der Waals surface area (Å²) in [5, 5.41) is 24.5. The lowest BCUT2D eigenvalue weighted by Crippen LogP contribution is -3.00. The molecule has 2 bridgehead atoms. The van der Waals surface area contributed by atoms with E-state index in [4.69, 9.17) is 4.74 Å². The fraction of sp³-hybridized carbons (Fsp3) is 0.385. The van der Waals surface area contributed by atoms with Gasteiger partial charge in [-0.15, -0.1) is 0 Å². The monoisotopic (exact) mass is 467 g/mol. The minimum absolute atomic E-state index is 0. The summed E-state index contributed by atoms with van der Waals surface area (Å²) >= 11 is 0. The summed E-state index contributed by atoms with van der Waals surface area (Å²) in [6.07, 6.45) is 1.79. The predicted molar refractivity (Wildman–Crippen MR) is 122 cm³/mol. The molecule has 33 heavy (non-hydrogen) atoms. The number of hydrogen-bond acceptors (Lipinski definition) is 4. The second kappa shape index (κ2) is 7.00. The van der Waals surface area contributed by atoms with Gasteiger partial charge in [0, 0.05) is 42.0 Å². The lowest BCUT2D eigenvalue weighted by Gasteiger charge is -2.62. The Bertz CT molecular complexity index is 1300. The maximum Gasteiger partial charge on any atom is 0.166 e. The van der Waals surface area contributed by atoms with Gasteiger partial charge in [-0.3, -0.25) is 4.90 Å². The number of para-hydroxylation sites is 1. The fourth-order valence-electron chi connectivity index (χ4n) is 7.26. The van der Waals surface area contributed by atoms with Crippen molar-refractivity contribution in [2.45, 2.75) is 49.3 Å². The summed E-state index contributed by atoms with van der Waals surface area (Å²) in [6.45, 7) is 7.87. The second-order valence-electron chi connectivity index (χ2n) is 9.98. The van der Waals surface area contributed by atoms with Gasteiger partial charge in [0.05, 0.1) is 16.7 Å². The van der Waals surface area contributed by atoms with Crippen LogP contribution in [0.1, 0.15) is 41.8 Å². The number of halogens is 1. The molecule has 2 aliphatic heterocycles. The first kappa shape index (κ1) is 22.3. The number of fused-ring (bicyclic) bond motifs is 4. The van der Waals surface area contributed by atoms with Crippen LogP contribution in [0.2, 0.25) is 0 Å². The first-order valence-corrected chi connectivity index (χ1v) is 11.2. The Morgan fingerprint density at radius 3 is 2.85 bits per heavy atom. The molecule has 5 N–H and O–H groups in total. The standard InChI is InChI=1S/C26H26N2O3.ClH.H2O/c1-14(2)13-28-10-9-25-21-15-7-8-19(29)23(21)31-24(25)22-17(12-26(25,30)20(28)11-15)16-5-3-4-6-18(16)27-22;;/h3-8,20,24,27,29-30H,1,9-13H2,2H3;1H;1H2/p-1/t20?,24?,25-,26+;;/m0../s1. The largest absolute Gasteiger partial charge is 1.00 e. The normalized spacial score (nSPS) is 30.5. The molecular weight excluding hydrogens is 440 g/mol. The van der Waals surface area contributed by atoms with Crippen LogP contribution < -0.4 is 17.1 Å². The third-order valence-electron chi connectivity index (χ3n) is 8.35. The van der Waals surface area contributed by atoms with Crippen LogP contribution in [0, 0.1) is 0 Å². The molecule has 6 nitrogen and oxygen atoms in total. The fourth-order valence-corrected chi connectivity index (χ4v) is 7.26. The number of piperidine rings is 1. The van der Waals surface area contributed by atoms with Gasteiger partial charge in [0.25, 0.3) is 0 Å². The molecule has 2 aromatic carbocycles. The minimum Gasteiger partial charge on any atom is -1.00 e. The third-order valence-corrected chi connectivity index (χ3v) is 8.35. The number of ether oxygens (including phenoxy) is 1. The molecule has 0 amide bonds. The van der Waals surface area contributed by atoms with Crippen LogP contribution in [0.25, 0.3) is 10.9 Å². The molecule has 0 saturated carbocycles. The molecule has 2 unspecified atom stereocenters. The van der Waals surface area contributed by atoms with Gasteiger partial charge in [0.2, 0.25) is 0 Å². The number of phenols is 1. The summed E-state index contributed by atoms with van der Waals surface area (Å²) in [5.41, 5.74) is 5.08. The van der Waals surface area contributed by atoms with Crippen LogP contribution in [0.15, 0.2) is 48.6 Å². The van der Waals surface area contributed by atoms with E-state index >= 15 is 0 Å². The van der Waals surface area contributed by atoms with E-state index in [9.17, 15) is 10.2 Å². The van der Waals surface area contributed by atoms with Crippen molar-refractivity contribution < 1.29 is 32.8 Å². The van der Waals surface area contributed by atoms with Crippen LogP contribution in [-0.2, 0) is 18.3 Å². The van der Waals surface area contributed by atoms with E-state index in [-0.39, 0.29) is 35.8 Å². The SMILES string of the molecule is C=C(C)CN1CC[C@]23c4c5ccc(O)c4OC2c2[nH]c4ccccc4c2C[C@@]3(O)C1C5.O.[Cl-]. The molecule has 3 heterocycles. The van der Waals surface area contributed by atoms with E-state index < -0.39 is 11.0 Å². The van der Waals surface area contributed by atoms with Crippen molar-refractivity contribution in [2.75, 3.05) is 13.1 Å². The molecule has 1 spiro atoms. The number of nitrogens with one attached hydrogen (secondary N) is 1. The summed E-state index contributed by atoms with van der Waals surface area (Å²) in [7, 11) is 0. The average molecular weight is 468 g/mol. The average Bonchev–Trinajstić information content (AvgIpc) is 3.27. The quantitative estimate of drug-likeness (QED) is 0.459. The number of rotatable bonds is 2. The Labute approximate surface area is 198 Å². The number of aromatic hydroxyl groups is 1. The van der Waals surface area contributed by atoms with E-state index in [2.05, 4.69) is 35.5 Å². The van der Waals surface area contributed by atoms with Crippen molar-refractivity contribution in [3.8, 4) is 11.5 Å². The zero-order valence-electron chi connectivity index (χ0n) is 18.5. The van der Waals surface area contributed by atoms with Crippen molar-refractivity contribution in [1.82, 2.24) is 9.88 Å². The molecule has 3 aromatic rings. The van der Waals surface area contributed by atoms with Crippen molar-refractivity contribution in [3.05, 3.63) is 70.9 Å². The van der Waals surface area contributed by atoms with Crippen molar-refractivity contribution in [1.29, 1.82) is 0 Å². The number of likely N-dealkylation sites (tertiary alicyclic amines) is 1. The minimum atomic E-state index is -0.977. The van der Waals surface area contributed by atoms with Crippen molar-refractivity contribution in [2.24, 2.45) is 0 Å². The lowest BCUT2D eigenvalue weighted by molar-refractivity contribution is -0.170. The van der Waals surface area contributed by atoms with Gasteiger partial charge < -0.3 is 37.8 Å². The van der Waals surface area contributed by atoms with Crippen LogP contribution in [0.3, 0.4) is 0 Å². The number of nitrogens with zero attached hydrogens (tertiary/aromatic N) is 1. The number of aliphatic hydroxyl groups is 1. The summed E-state index contributed by atoms with van der Waals surface area (Å²) in [6, 6.07) is 12.1. The van der Waals surface area contributed by atoms with Crippen molar-refractivity contribution in [3.63, 3.8) is 0 Å². The Morgan fingerprint density at radius 1 is 1.27 bits per heavy atom. The maximum absolute atomic E-state index is 12.7. The number of benzene rings is 2. The highest BCUT2D eigenvalue weighted by Gasteiger charge is 2.72. The molecule has 7 rings (SSSR count). The number of phenolic OH excluding ortho intramolecular Hbond substituents is 1. The lowest BCUT2D eigenvalue weighted by atomic mass is 9.49. The Hall–Kier alpha value is -2.51. The van der Waals surface area contributed by atoms with Crippen LogP contribution in [0.4, 0.5) is 0 Å². The highest BCUT2D eigenvalue weighted by molar-refractivity contribution is 5.86. The molecule has 4 aliphatic rings. The number of aromatic amines is 1. The molecule has 1 fully saturated rings. The molecule has 7 heteroatoms. The third kappa shape index (κ3) is 2.44. The predicted octanol–water partition coefficient (Wildman–Crippen LogP) is -0.0820. The Balaban J connectivity index is 0.00000114. The van der Waals surface area contributed by atoms with E-state index in [1.165, 1.54) is 5.56 Å². The molecule has 2 aliphatic carbocycles. The van der Waals surface area contributed by atoms with E-state index in [1.807, 2.05) is 18.2 Å². The number of aromatic nitrogens is 1. The van der Waals surface area contributed by atoms with Gasteiger partial charge in [0.1, 0.15) is 0 Å². The molecule has 1 aromatic heterocycles. The van der Waals surface area contributed by atoms with Crippen LogP contribution >= 0.6 is 0 Å². The topological polar surface area (TPSA) is 100 Å². The molecule has 1 saturated heterocycles. The zero-order chi connectivity index (χ0) is 21.1. The molecule has 4 atom stereocenters. The second-order valence-corrected chi connectivity index (χ2v) is 9.98. The zero-order valence-corrected chi connectivity index (χ0v) is 19.2. The van der Waals surface area contributed by atoms with Gasteiger partial charge >= 0.3 is 0 Å². The highest BCUT2D eigenvalue weighted by Crippen LogP contribution is 2.68. The van der Waals surface area contributed by atoms with Gasteiger partial charge in [-0.05, 0) is 43.0 Å². The smallest absolute Gasteiger partial charge is 0.166 e. The summed E-state index contributed by atoms with van der Waals surface area (Å²) in [5.74, 6) is 0.740. The number of H-pyrrole nitrogens is 1. The molecule has 174 valence electrons. The highest BCUT2D eigenvalue weighted by atomic mass is 35.5.